The van der Waals surface area contributed by atoms with E-state index in [4.69, 9.17) is 14.6 Å². The Labute approximate surface area is 177 Å². The zero-order chi connectivity index (χ0) is 22.8. The second kappa shape index (κ2) is 8.53. The molecule has 2 aromatic carbocycles. The molecule has 0 saturated heterocycles. The molecule has 0 bridgehead atoms. The molecular weight excluding hydrogens is 428 g/mol. The normalized spacial score (nSPS) is 11.2. The monoisotopic (exact) mass is 446 g/mol. The first-order valence-corrected chi connectivity index (χ1v) is 10.4. The number of nitro benzene ring substituents is 1. The van der Waals surface area contributed by atoms with Crippen LogP contribution in [-0.2, 0) is 14.8 Å². The number of hydrogen-bond donors (Lipinski definition) is 1. The largest absolute Gasteiger partial charge is 0.497 e. The summed E-state index contributed by atoms with van der Waals surface area (Å²) in [5.41, 5.74) is 0.172. The zero-order valence-electron chi connectivity index (χ0n) is 16.5. The van der Waals surface area contributed by atoms with Crippen molar-refractivity contribution in [3.63, 3.8) is 0 Å². The highest BCUT2D eigenvalue weighted by Crippen LogP contribution is 2.30. The summed E-state index contributed by atoms with van der Waals surface area (Å²) >= 11 is 0. The fourth-order valence-corrected chi connectivity index (χ4v) is 3.36. The van der Waals surface area contributed by atoms with Crippen molar-refractivity contribution in [3.05, 3.63) is 64.3 Å². The van der Waals surface area contributed by atoms with Crippen LogP contribution in [0.3, 0.4) is 0 Å². The molecule has 11 nitrogen and oxygen atoms in total. The molecule has 0 aliphatic rings. The summed E-state index contributed by atoms with van der Waals surface area (Å²) in [6.07, 6.45) is 0. The van der Waals surface area contributed by atoms with E-state index in [1.807, 2.05) is 0 Å². The smallest absolute Gasteiger partial charge is 0.357 e. The number of hydrogen-bond acceptors (Lipinski definition) is 8. The molecule has 0 radical (unpaired) electrons. The number of rotatable bonds is 7. The van der Waals surface area contributed by atoms with Crippen LogP contribution in [0.25, 0.3) is 16.9 Å². The standard InChI is InChI=1S/C19H18N4O7S/c1-3-30-19(24)18-11-15(12-4-6-13(29-2)7-5-12)21-22(18)16-9-8-14(31(20,27)28)10-17(16)23(25)26/h4-11H,3H2,1-2H3,(H2,20,27,28). The zero-order valence-corrected chi connectivity index (χ0v) is 17.3. The van der Waals surface area contributed by atoms with Gasteiger partial charge in [0, 0.05) is 11.6 Å². The van der Waals surface area contributed by atoms with Crippen molar-refractivity contribution in [2.75, 3.05) is 13.7 Å². The number of nitro groups is 1. The molecule has 162 valence electrons. The summed E-state index contributed by atoms with van der Waals surface area (Å²) < 4.78 is 34.4. The van der Waals surface area contributed by atoms with E-state index < -0.39 is 31.5 Å². The molecule has 0 saturated carbocycles. The number of primary sulfonamides is 1. The number of nitrogens with zero attached hydrogens (tertiary/aromatic N) is 3. The summed E-state index contributed by atoms with van der Waals surface area (Å²) in [7, 11) is -2.65. The summed E-state index contributed by atoms with van der Waals surface area (Å²) in [6, 6.07) is 11.3. The maximum Gasteiger partial charge on any atom is 0.357 e. The van der Waals surface area contributed by atoms with E-state index in [9.17, 15) is 23.3 Å². The molecule has 0 spiro atoms. The molecule has 0 unspecified atom stereocenters. The van der Waals surface area contributed by atoms with E-state index in [-0.39, 0.29) is 18.0 Å². The van der Waals surface area contributed by atoms with Gasteiger partial charge < -0.3 is 9.47 Å². The van der Waals surface area contributed by atoms with E-state index in [0.29, 0.717) is 17.0 Å². The topological polar surface area (TPSA) is 157 Å². The fourth-order valence-electron chi connectivity index (χ4n) is 2.82. The molecule has 0 aliphatic carbocycles. The summed E-state index contributed by atoms with van der Waals surface area (Å²) in [5.74, 6) is -0.136. The molecule has 2 N–H and O–H groups in total. The van der Waals surface area contributed by atoms with Crippen molar-refractivity contribution in [2.24, 2.45) is 5.14 Å². The molecule has 31 heavy (non-hydrogen) atoms. The number of carbonyl (C=O) groups is 1. The van der Waals surface area contributed by atoms with Crippen LogP contribution >= 0.6 is 0 Å². The van der Waals surface area contributed by atoms with Crippen molar-refractivity contribution < 1.29 is 27.6 Å². The predicted molar refractivity (Wildman–Crippen MR) is 110 cm³/mol. The highest BCUT2D eigenvalue weighted by atomic mass is 32.2. The number of methoxy groups -OCH3 is 1. The van der Waals surface area contributed by atoms with E-state index in [1.54, 1.807) is 31.2 Å². The number of aromatic nitrogens is 2. The van der Waals surface area contributed by atoms with Crippen LogP contribution in [0.2, 0.25) is 0 Å². The lowest BCUT2D eigenvalue weighted by Gasteiger charge is -2.08. The van der Waals surface area contributed by atoms with Crippen LogP contribution in [0.15, 0.2) is 53.4 Å². The second-order valence-electron chi connectivity index (χ2n) is 6.23. The molecule has 0 atom stereocenters. The van der Waals surface area contributed by atoms with Gasteiger partial charge in [0.05, 0.1) is 29.2 Å². The fraction of sp³-hybridized carbons (Fsp3) is 0.158. The Morgan fingerprint density at radius 1 is 1.19 bits per heavy atom. The van der Waals surface area contributed by atoms with Gasteiger partial charge in [-0.25, -0.2) is 23.0 Å². The summed E-state index contributed by atoms with van der Waals surface area (Å²) in [4.78, 5) is 22.9. The molecule has 12 heteroatoms. The van der Waals surface area contributed by atoms with Gasteiger partial charge in [-0.3, -0.25) is 10.1 Å². The number of esters is 1. The third-order valence-electron chi connectivity index (χ3n) is 4.28. The quantitative estimate of drug-likeness (QED) is 0.329. The Morgan fingerprint density at radius 2 is 1.87 bits per heavy atom. The van der Waals surface area contributed by atoms with Crippen LogP contribution < -0.4 is 9.88 Å². The first-order chi connectivity index (χ1) is 14.7. The molecule has 3 aromatic rings. The Balaban J connectivity index is 2.22. The summed E-state index contributed by atoms with van der Waals surface area (Å²) in [5, 5.41) is 21.0. The number of nitrogens with two attached hydrogens (primary N) is 1. The third-order valence-corrected chi connectivity index (χ3v) is 5.19. The molecule has 0 fully saturated rings. The first-order valence-electron chi connectivity index (χ1n) is 8.89. The number of benzene rings is 2. The minimum atomic E-state index is -4.17. The molecule has 1 aromatic heterocycles. The van der Waals surface area contributed by atoms with Gasteiger partial charge >= 0.3 is 5.97 Å². The highest BCUT2D eigenvalue weighted by molar-refractivity contribution is 7.89. The lowest BCUT2D eigenvalue weighted by Crippen LogP contribution is -2.15. The minimum Gasteiger partial charge on any atom is -0.497 e. The second-order valence-corrected chi connectivity index (χ2v) is 7.79. The molecule has 1 heterocycles. The van der Waals surface area contributed by atoms with E-state index in [1.165, 1.54) is 13.2 Å². The van der Waals surface area contributed by atoms with Gasteiger partial charge in [0.15, 0.2) is 5.69 Å². The van der Waals surface area contributed by atoms with Crippen LogP contribution in [0.1, 0.15) is 17.4 Å². The van der Waals surface area contributed by atoms with Gasteiger partial charge in [-0.2, -0.15) is 5.10 Å². The number of sulfonamides is 1. The van der Waals surface area contributed by atoms with Crippen LogP contribution in [0, 0.1) is 10.1 Å². The maximum atomic E-state index is 12.5. The highest BCUT2D eigenvalue weighted by Gasteiger charge is 2.26. The average Bonchev–Trinajstić information content (AvgIpc) is 3.18. The molecular formula is C19H18N4O7S. The van der Waals surface area contributed by atoms with E-state index in [0.717, 1.165) is 22.9 Å². The van der Waals surface area contributed by atoms with Crippen molar-refractivity contribution >= 4 is 21.7 Å². The van der Waals surface area contributed by atoms with Crippen molar-refractivity contribution in [3.8, 4) is 22.7 Å². The SMILES string of the molecule is CCOC(=O)c1cc(-c2ccc(OC)cc2)nn1-c1ccc(S(N)(=O)=O)cc1[N+](=O)[O-]. The van der Waals surface area contributed by atoms with Crippen LogP contribution in [-0.4, -0.2) is 42.8 Å². The molecule has 0 aliphatic heterocycles. The van der Waals surface area contributed by atoms with Crippen molar-refractivity contribution in [1.29, 1.82) is 0 Å². The van der Waals surface area contributed by atoms with Crippen LogP contribution in [0.4, 0.5) is 5.69 Å². The Kier molecular flexibility index (Phi) is 6.04. The number of carbonyl (C=O) groups excluding carboxylic acids is 1. The Bertz CT molecular complexity index is 1250. The lowest BCUT2D eigenvalue weighted by atomic mass is 10.1. The number of ether oxygens (including phenoxy) is 2. The van der Waals surface area contributed by atoms with E-state index in [2.05, 4.69) is 5.10 Å². The van der Waals surface area contributed by atoms with Crippen LogP contribution in [0.5, 0.6) is 5.75 Å². The van der Waals surface area contributed by atoms with Gasteiger partial charge in [0.2, 0.25) is 10.0 Å². The average molecular weight is 446 g/mol. The maximum absolute atomic E-state index is 12.5. The molecule has 3 rings (SSSR count). The predicted octanol–water partition coefficient (Wildman–Crippen LogP) is 2.28. The van der Waals surface area contributed by atoms with Gasteiger partial charge in [0.25, 0.3) is 5.69 Å². The van der Waals surface area contributed by atoms with Crippen molar-refractivity contribution in [1.82, 2.24) is 9.78 Å². The first kappa shape index (κ1) is 21.9. The lowest BCUT2D eigenvalue weighted by molar-refractivity contribution is -0.384. The minimum absolute atomic E-state index is 0.0703. The van der Waals surface area contributed by atoms with Crippen molar-refractivity contribution in [2.45, 2.75) is 11.8 Å². The van der Waals surface area contributed by atoms with Gasteiger partial charge in [0.1, 0.15) is 11.4 Å². The Hall–Kier alpha value is -3.77. The van der Waals surface area contributed by atoms with Gasteiger partial charge in [-0.15, -0.1) is 0 Å². The summed E-state index contributed by atoms with van der Waals surface area (Å²) in [6.45, 7) is 1.70. The Morgan fingerprint density at radius 3 is 2.42 bits per heavy atom. The third kappa shape index (κ3) is 4.54. The van der Waals surface area contributed by atoms with Gasteiger partial charge in [-0.1, -0.05) is 0 Å². The van der Waals surface area contributed by atoms with E-state index >= 15 is 0 Å². The van der Waals surface area contributed by atoms with Gasteiger partial charge in [-0.05, 0) is 49.4 Å². The molecule has 0 amide bonds.